The SMILES string of the molecule is CCC(=O)N1CCC(NC(=NC)NCC(CC)(CC)NC(C)c2ccccc2)C1.I. The van der Waals surface area contributed by atoms with E-state index in [1.807, 2.05) is 11.8 Å². The monoisotopic (exact) mass is 529 g/mol. The van der Waals surface area contributed by atoms with Crippen molar-refractivity contribution < 1.29 is 4.79 Å². The fourth-order valence-electron chi connectivity index (χ4n) is 4.01. The Morgan fingerprint density at radius 3 is 2.47 bits per heavy atom. The Morgan fingerprint density at radius 2 is 1.90 bits per heavy atom. The summed E-state index contributed by atoms with van der Waals surface area (Å²) in [5.41, 5.74) is 1.28. The fourth-order valence-corrected chi connectivity index (χ4v) is 4.01. The molecule has 170 valence electrons. The lowest BCUT2D eigenvalue weighted by Crippen LogP contribution is -2.56. The van der Waals surface area contributed by atoms with Crippen molar-refractivity contribution in [1.29, 1.82) is 0 Å². The second-order valence-corrected chi connectivity index (χ2v) is 8.01. The van der Waals surface area contributed by atoms with Crippen LogP contribution in [0.4, 0.5) is 0 Å². The molecular formula is C23H40IN5O. The highest BCUT2D eigenvalue weighted by Gasteiger charge is 2.29. The summed E-state index contributed by atoms with van der Waals surface area (Å²) in [6.07, 6.45) is 3.57. The minimum atomic E-state index is -0.0211. The van der Waals surface area contributed by atoms with E-state index in [2.05, 4.69) is 72.0 Å². The number of benzene rings is 1. The van der Waals surface area contributed by atoms with Crippen molar-refractivity contribution >= 4 is 35.8 Å². The molecule has 1 heterocycles. The first-order chi connectivity index (χ1) is 14.0. The molecule has 3 N–H and O–H groups in total. The van der Waals surface area contributed by atoms with E-state index in [9.17, 15) is 4.79 Å². The molecule has 1 saturated heterocycles. The molecule has 30 heavy (non-hydrogen) atoms. The molecule has 2 unspecified atom stereocenters. The molecule has 1 amide bonds. The van der Waals surface area contributed by atoms with Crippen molar-refractivity contribution in [3.63, 3.8) is 0 Å². The fraction of sp³-hybridized carbons (Fsp3) is 0.652. The standard InChI is InChI=1S/C23H39N5O.HI/c1-6-21(29)28-15-14-20(16-28)26-22(24-5)25-17-23(7-2,8-3)27-18(4)19-12-10-9-11-13-19;/h9-13,18,20,27H,6-8,14-17H2,1-5H3,(H2,24,25,26);1H. The van der Waals surface area contributed by atoms with Gasteiger partial charge in [0.15, 0.2) is 5.96 Å². The van der Waals surface area contributed by atoms with E-state index in [1.54, 1.807) is 7.05 Å². The summed E-state index contributed by atoms with van der Waals surface area (Å²) < 4.78 is 0. The average Bonchev–Trinajstić information content (AvgIpc) is 3.24. The summed E-state index contributed by atoms with van der Waals surface area (Å²) in [6.45, 7) is 11.0. The Bertz CT molecular complexity index is 663. The molecule has 0 spiro atoms. The number of guanidine groups is 1. The van der Waals surface area contributed by atoms with Gasteiger partial charge in [-0.25, -0.2) is 0 Å². The highest BCUT2D eigenvalue weighted by Crippen LogP contribution is 2.21. The lowest BCUT2D eigenvalue weighted by Gasteiger charge is -2.37. The lowest BCUT2D eigenvalue weighted by atomic mass is 9.90. The molecule has 1 fully saturated rings. The number of likely N-dealkylation sites (tertiary alicyclic amines) is 1. The maximum absolute atomic E-state index is 11.9. The van der Waals surface area contributed by atoms with Gasteiger partial charge in [-0.2, -0.15) is 0 Å². The molecule has 1 aromatic rings. The predicted molar refractivity (Wildman–Crippen MR) is 136 cm³/mol. The van der Waals surface area contributed by atoms with Crippen LogP contribution in [0, 0.1) is 0 Å². The van der Waals surface area contributed by atoms with Gasteiger partial charge >= 0.3 is 0 Å². The minimum Gasteiger partial charge on any atom is -0.355 e. The predicted octanol–water partition coefficient (Wildman–Crippen LogP) is 3.69. The number of rotatable bonds is 9. The Balaban J connectivity index is 0.00000450. The number of halogens is 1. The Kier molecular flexibility index (Phi) is 11.7. The molecule has 0 aromatic heterocycles. The maximum atomic E-state index is 11.9. The molecular weight excluding hydrogens is 489 g/mol. The van der Waals surface area contributed by atoms with Crippen LogP contribution in [-0.2, 0) is 4.79 Å². The Labute approximate surface area is 199 Å². The molecule has 1 aliphatic rings. The third kappa shape index (κ3) is 7.41. The van der Waals surface area contributed by atoms with Gasteiger partial charge in [0.25, 0.3) is 0 Å². The number of aliphatic imine (C=N–C) groups is 1. The first-order valence-corrected chi connectivity index (χ1v) is 11.0. The summed E-state index contributed by atoms with van der Waals surface area (Å²) in [4.78, 5) is 18.3. The van der Waals surface area contributed by atoms with Gasteiger partial charge in [-0.1, -0.05) is 51.1 Å². The van der Waals surface area contributed by atoms with Crippen LogP contribution in [0.15, 0.2) is 35.3 Å². The van der Waals surface area contributed by atoms with Gasteiger partial charge in [0.1, 0.15) is 0 Å². The Morgan fingerprint density at radius 1 is 1.23 bits per heavy atom. The Hall–Kier alpha value is -1.35. The molecule has 0 radical (unpaired) electrons. The molecule has 0 saturated carbocycles. The molecule has 1 aliphatic heterocycles. The second kappa shape index (κ2) is 13.1. The molecule has 2 rings (SSSR count). The number of nitrogens with zero attached hydrogens (tertiary/aromatic N) is 2. The van der Waals surface area contributed by atoms with E-state index in [0.29, 0.717) is 6.42 Å². The van der Waals surface area contributed by atoms with Gasteiger partial charge in [0.05, 0.1) is 0 Å². The summed E-state index contributed by atoms with van der Waals surface area (Å²) in [7, 11) is 1.80. The molecule has 7 heteroatoms. The third-order valence-corrected chi connectivity index (χ3v) is 6.18. The first-order valence-electron chi connectivity index (χ1n) is 11.0. The smallest absolute Gasteiger partial charge is 0.222 e. The highest BCUT2D eigenvalue weighted by atomic mass is 127. The van der Waals surface area contributed by atoms with Gasteiger partial charge in [-0.15, -0.1) is 24.0 Å². The van der Waals surface area contributed by atoms with Crippen molar-refractivity contribution in [2.45, 2.75) is 71.0 Å². The van der Waals surface area contributed by atoms with Crippen LogP contribution in [0.1, 0.15) is 65.0 Å². The zero-order chi connectivity index (χ0) is 21.3. The van der Waals surface area contributed by atoms with E-state index in [4.69, 9.17) is 0 Å². The minimum absolute atomic E-state index is 0. The van der Waals surface area contributed by atoms with Gasteiger partial charge in [0.2, 0.25) is 5.91 Å². The summed E-state index contributed by atoms with van der Waals surface area (Å²) in [6, 6.07) is 11.1. The van der Waals surface area contributed by atoms with Gasteiger partial charge in [-0.05, 0) is 31.7 Å². The van der Waals surface area contributed by atoms with Crippen LogP contribution in [0.25, 0.3) is 0 Å². The van der Waals surface area contributed by atoms with Crippen LogP contribution < -0.4 is 16.0 Å². The zero-order valence-electron chi connectivity index (χ0n) is 19.2. The highest BCUT2D eigenvalue weighted by molar-refractivity contribution is 14.0. The van der Waals surface area contributed by atoms with Gasteiger partial charge < -0.3 is 20.9 Å². The topological polar surface area (TPSA) is 68.8 Å². The number of hydrogen-bond donors (Lipinski definition) is 3. The van der Waals surface area contributed by atoms with Crippen molar-refractivity contribution in [3.8, 4) is 0 Å². The largest absolute Gasteiger partial charge is 0.355 e. The molecule has 0 aliphatic carbocycles. The number of amides is 1. The van der Waals surface area contributed by atoms with E-state index in [0.717, 1.165) is 44.9 Å². The summed E-state index contributed by atoms with van der Waals surface area (Å²) >= 11 is 0. The molecule has 1 aromatic carbocycles. The number of hydrogen-bond acceptors (Lipinski definition) is 3. The van der Waals surface area contributed by atoms with Crippen LogP contribution in [-0.4, -0.2) is 55.0 Å². The van der Waals surface area contributed by atoms with E-state index in [-0.39, 0.29) is 47.5 Å². The summed E-state index contributed by atoms with van der Waals surface area (Å²) in [5.74, 6) is 1.04. The second-order valence-electron chi connectivity index (χ2n) is 8.01. The van der Waals surface area contributed by atoms with E-state index >= 15 is 0 Å². The van der Waals surface area contributed by atoms with Gasteiger partial charge in [0, 0.05) is 50.7 Å². The van der Waals surface area contributed by atoms with Crippen LogP contribution in [0.3, 0.4) is 0 Å². The molecule has 2 atom stereocenters. The number of carbonyl (C=O) groups excluding carboxylic acids is 1. The van der Waals surface area contributed by atoms with E-state index in [1.165, 1.54) is 5.56 Å². The average molecular weight is 530 g/mol. The molecule has 6 nitrogen and oxygen atoms in total. The zero-order valence-corrected chi connectivity index (χ0v) is 21.5. The van der Waals surface area contributed by atoms with Crippen LogP contribution >= 0.6 is 24.0 Å². The normalized spacial score (nSPS) is 18.0. The lowest BCUT2D eigenvalue weighted by molar-refractivity contribution is -0.129. The van der Waals surface area contributed by atoms with Crippen LogP contribution in [0.5, 0.6) is 0 Å². The molecule has 0 bridgehead atoms. The van der Waals surface area contributed by atoms with Crippen LogP contribution in [0.2, 0.25) is 0 Å². The van der Waals surface area contributed by atoms with Crippen molar-refractivity contribution in [2.24, 2.45) is 4.99 Å². The van der Waals surface area contributed by atoms with Crippen molar-refractivity contribution in [3.05, 3.63) is 35.9 Å². The number of carbonyl (C=O) groups is 1. The maximum Gasteiger partial charge on any atom is 0.222 e. The third-order valence-electron chi connectivity index (χ3n) is 6.18. The van der Waals surface area contributed by atoms with Crippen molar-refractivity contribution in [2.75, 3.05) is 26.7 Å². The quantitative estimate of drug-likeness (QED) is 0.259. The van der Waals surface area contributed by atoms with Crippen molar-refractivity contribution in [1.82, 2.24) is 20.9 Å². The number of nitrogens with one attached hydrogen (secondary N) is 3. The first kappa shape index (κ1) is 26.7. The van der Waals surface area contributed by atoms with Gasteiger partial charge in [-0.3, -0.25) is 9.79 Å². The van der Waals surface area contributed by atoms with E-state index < -0.39 is 0 Å². The summed E-state index contributed by atoms with van der Waals surface area (Å²) in [5, 5.41) is 10.9.